The number of methoxy groups -OCH3 is 1. The summed E-state index contributed by atoms with van der Waals surface area (Å²) >= 11 is 0. The molecule has 3 aromatic rings. The van der Waals surface area contributed by atoms with E-state index in [0.29, 0.717) is 35.5 Å². The Morgan fingerprint density at radius 1 is 1.14 bits per heavy atom. The monoisotopic (exact) mass is 493 g/mol. The lowest BCUT2D eigenvalue weighted by Crippen LogP contribution is -2.45. The van der Waals surface area contributed by atoms with Crippen molar-refractivity contribution in [3.8, 4) is 11.5 Å². The van der Waals surface area contributed by atoms with Gasteiger partial charge in [-0.15, -0.1) is 0 Å². The predicted molar refractivity (Wildman–Crippen MR) is 141 cm³/mol. The third-order valence-electron chi connectivity index (χ3n) is 7.61. The number of nitrogens with zero attached hydrogens (tertiary/aromatic N) is 4. The number of aromatic nitrogens is 2. The topological polar surface area (TPSA) is 62.8 Å². The van der Waals surface area contributed by atoms with Crippen LogP contribution in [0.5, 0.6) is 11.5 Å². The maximum atomic E-state index is 13.7. The van der Waals surface area contributed by atoms with Crippen LogP contribution in [0.4, 0.5) is 15.9 Å². The number of ether oxygens (including phenoxy) is 2. The molecule has 0 spiro atoms. The van der Waals surface area contributed by atoms with Gasteiger partial charge in [0.15, 0.2) is 11.5 Å². The van der Waals surface area contributed by atoms with E-state index in [-0.39, 0.29) is 5.82 Å². The lowest BCUT2D eigenvalue weighted by atomic mass is 9.92. The van der Waals surface area contributed by atoms with Crippen molar-refractivity contribution in [3.05, 3.63) is 48.0 Å². The van der Waals surface area contributed by atoms with E-state index >= 15 is 0 Å². The molecule has 36 heavy (non-hydrogen) atoms. The van der Waals surface area contributed by atoms with Gasteiger partial charge in [-0.1, -0.05) is 6.92 Å². The number of likely N-dealkylation sites (N-methyl/N-ethyl adjacent to an activating group) is 1. The molecule has 2 aromatic carbocycles. The predicted octanol–water partition coefficient (Wildman–Crippen LogP) is 5.01. The first kappa shape index (κ1) is 24.7. The Morgan fingerprint density at radius 3 is 2.83 bits per heavy atom. The first-order valence-electron chi connectivity index (χ1n) is 13.0. The number of fused-ring (bicyclic) bond motifs is 2. The van der Waals surface area contributed by atoms with Gasteiger partial charge in [-0.05, 0) is 75.0 Å². The number of hydrogen-bond donors (Lipinski definition) is 1. The molecule has 3 heterocycles. The fraction of sp³-hybridized carbons (Fsp3) is 0.500. The van der Waals surface area contributed by atoms with E-state index in [0.717, 1.165) is 42.0 Å². The molecule has 1 aromatic heterocycles. The second-order valence-electron chi connectivity index (χ2n) is 9.89. The molecule has 7 nitrogen and oxygen atoms in total. The summed E-state index contributed by atoms with van der Waals surface area (Å²) in [7, 11) is 1.64. The largest absolute Gasteiger partial charge is 0.493 e. The molecule has 0 aliphatic carbocycles. The molecule has 2 aliphatic rings. The summed E-state index contributed by atoms with van der Waals surface area (Å²) < 4.78 is 25.5. The lowest BCUT2D eigenvalue weighted by molar-refractivity contribution is 0.115. The fourth-order valence-corrected chi connectivity index (χ4v) is 5.64. The van der Waals surface area contributed by atoms with Crippen LogP contribution in [0.2, 0.25) is 0 Å². The average Bonchev–Trinajstić information content (AvgIpc) is 3.33. The molecule has 2 aliphatic heterocycles. The molecular weight excluding hydrogens is 457 g/mol. The highest BCUT2D eigenvalue weighted by molar-refractivity contribution is 5.93. The highest BCUT2D eigenvalue weighted by Gasteiger charge is 2.37. The summed E-state index contributed by atoms with van der Waals surface area (Å²) in [4.78, 5) is 14.1. The Kier molecular flexibility index (Phi) is 7.53. The van der Waals surface area contributed by atoms with Crippen molar-refractivity contribution < 1.29 is 13.9 Å². The maximum Gasteiger partial charge on any atom is 0.162 e. The van der Waals surface area contributed by atoms with E-state index < -0.39 is 0 Å². The fourth-order valence-electron chi connectivity index (χ4n) is 5.64. The van der Waals surface area contributed by atoms with E-state index in [9.17, 15) is 4.39 Å². The molecule has 0 bridgehead atoms. The molecule has 0 amide bonds. The van der Waals surface area contributed by atoms with Gasteiger partial charge in [0.1, 0.15) is 18.0 Å². The van der Waals surface area contributed by atoms with Gasteiger partial charge >= 0.3 is 0 Å². The van der Waals surface area contributed by atoms with Gasteiger partial charge in [-0.3, -0.25) is 4.90 Å². The molecule has 2 atom stereocenters. The van der Waals surface area contributed by atoms with E-state index in [1.807, 2.05) is 12.1 Å². The second kappa shape index (κ2) is 11.0. The van der Waals surface area contributed by atoms with Gasteiger partial charge in [-0.2, -0.15) is 0 Å². The molecule has 8 heteroatoms. The smallest absolute Gasteiger partial charge is 0.162 e. The van der Waals surface area contributed by atoms with Crippen molar-refractivity contribution in [2.45, 2.75) is 39.2 Å². The molecule has 2 fully saturated rings. The minimum absolute atomic E-state index is 0.232. The number of aryl methyl sites for hydroxylation is 1. The van der Waals surface area contributed by atoms with Crippen molar-refractivity contribution in [2.24, 2.45) is 5.92 Å². The number of halogens is 1. The van der Waals surface area contributed by atoms with Gasteiger partial charge < -0.3 is 19.7 Å². The average molecular weight is 494 g/mol. The van der Waals surface area contributed by atoms with Crippen LogP contribution in [0.1, 0.15) is 31.7 Å². The zero-order valence-corrected chi connectivity index (χ0v) is 21.5. The summed E-state index contributed by atoms with van der Waals surface area (Å²) in [5, 5.41) is 4.11. The third-order valence-corrected chi connectivity index (χ3v) is 7.61. The van der Waals surface area contributed by atoms with Gasteiger partial charge in [0.2, 0.25) is 0 Å². The molecule has 0 saturated carbocycles. The van der Waals surface area contributed by atoms with Gasteiger partial charge in [0.25, 0.3) is 0 Å². The normalized spacial score (nSPS) is 20.4. The van der Waals surface area contributed by atoms with Crippen molar-refractivity contribution >= 4 is 22.4 Å². The Labute approximate surface area is 212 Å². The number of benzene rings is 2. The molecule has 192 valence electrons. The van der Waals surface area contributed by atoms with Crippen LogP contribution in [-0.4, -0.2) is 72.3 Å². The molecular formula is C28H36FN5O2. The van der Waals surface area contributed by atoms with Crippen LogP contribution in [-0.2, 0) is 0 Å². The van der Waals surface area contributed by atoms with E-state index in [2.05, 4.69) is 32.0 Å². The summed E-state index contributed by atoms with van der Waals surface area (Å²) in [5.74, 6) is 2.55. The Balaban J connectivity index is 1.27. The highest BCUT2D eigenvalue weighted by Crippen LogP contribution is 2.35. The van der Waals surface area contributed by atoms with Gasteiger partial charge in [0.05, 0.1) is 19.2 Å². The minimum Gasteiger partial charge on any atom is -0.493 e. The zero-order valence-electron chi connectivity index (χ0n) is 21.5. The van der Waals surface area contributed by atoms with Crippen molar-refractivity contribution in [3.63, 3.8) is 0 Å². The first-order valence-corrected chi connectivity index (χ1v) is 13.0. The number of anilines is 2. The SMILES string of the molecule is CCN1CC2CCCN(CCCOc3cc4c(Nc5ccc(F)c(C)c5)ncnc4cc3OC)C2C1. The summed E-state index contributed by atoms with van der Waals surface area (Å²) in [6, 6.07) is 9.41. The van der Waals surface area contributed by atoms with E-state index in [1.54, 1.807) is 26.2 Å². The van der Waals surface area contributed by atoms with Crippen LogP contribution in [0, 0.1) is 18.7 Å². The molecule has 0 radical (unpaired) electrons. The second-order valence-corrected chi connectivity index (χ2v) is 9.89. The number of rotatable bonds is 9. The van der Waals surface area contributed by atoms with Crippen LogP contribution in [0.15, 0.2) is 36.7 Å². The number of nitrogens with one attached hydrogen (secondary N) is 1. The summed E-state index contributed by atoms with van der Waals surface area (Å²) in [5.41, 5.74) is 2.08. The number of likely N-dealkylation sites (tertiary alicyclic amines) is 2. The lowest BCUT2D eigenvalue weighted by Gasteiger charge is -2.37. The van der Waals surface area contributed by atoms with E-state index in [4.69, 9.17) is 9.47 Å². The molecule has 2 saturated heterocycles. The molecule has 2 unspecified atom stereocenters. The third kappa shape index (κ3) is 5.25. The molecule has 1 N–H and O–H groups in total. The number of hydrogen-bond acceptors (Lipinski definition) is 7. The summed E-state index contributed by atoms with van der Waals surface area (Å²) in [6.45, 7) is 10.4. The minimum atomic E-state index is -0.232. The van der Waals surface area contributed by atoms with Gasteiger partial charge in [-0.25, -0.2) is 14.4 Å². The number of piperidine rings is 1. The Morgan fingerprint density at radius 2 is 2.03 bits per heavy atom. The van der Waals surface area contributed by atoms with Crippen molar-refractivity contribution in [1.29, 1.82) is 0 Å². The Bertz CT molecular complexity index is 1210. The standard InChI is InChI=1S/C28H36FN5O2/c1-4-33-16-20-7-5-10-34(25(20)17-33)11-6-12-36-27-14-22-24(15-26(27)35-3)30-18-31-28(22)32-21-8-9-23(29)19(2)13-21/h8-9,13-15,18,20,25H,4-7,10-12,16-17H2,1-3H3,(H,30,31,32). The van der Waals surface area contributed by atoms with Crippen LogP contribution >= 0.6 is 0 Å². The summed E-state index contributed by atoms with van der Waals surface area (Å²) in [6.07, 6.45) is 5.12. The van der Waals surface area contributed by atoms with Crippen molar-refractivity contribution in [1.82, 2.24) is 19.8 Å². The van der Waals surface area contributed by atoms with E-state index in [1.165, 1.54) is 44.9 Å². The zero-order chi connectivity index (χ0) is 25.1. The highest BCUT2D eigenvalue weighted by atomic mass is 19.1. The van der Waals surface area contributed by atoms with Crippen LogP contribution in [0.25, 0.3) is 10.9 Å². The Hall–Kier alpha value is -2.97. The van der Waals surface area contributed by atoms with Gasteiger partial charge in [0, 0.05) is 42.8 Å². The van der Waals surface area contributed by atoms with Crippen molar-refractivity contribution in [2.75, 3.05) is 51.8 Å². The molecule has 5 rings (SSSR count). The maximum absolute atomic E-state index is 13.7. The van der Waals surface area contributed by atoms with Crippen LogP contribution in [0.3, 0.4) is 0 Å². The quantitative estimate of drug-likeness (QED) is 0.420. The first-order chi connectivity index (χ1) is 17.6. The van der Waals surface area contributed by atoms with Crippen LogP contribution < -0.4 is 14.8 Å².